The van der Waals surface area contributed by atoms with E-state index in [4.69, 9.17) is 4.74 Å². The van der Waals surface area contributed by atoms with E-state index in [9.17, 15) is 0 Å². The maximum atomic E-state index is 5.55. The molecule has 1 aliphatic rings. The fourth-order valence-electron chi connectivity index (χ4n) is 2.50. The molecule has 0 fully saturated rings. The Bertz CT molecular complexity index is 587. The van der Waals surface area contributed by atoms with Crippen LogP contribution in [0.25, 0.3) is 11.1 Å². The zero-order valence-electron chi connectivity index (χ0n) is 12.1. The summed E-state index contributed by atoms with van der Waals surface area (Å²) in [7, 11) is 0. The normalized spacial score (nSPS) is 13.3. The first-order valence-corrected chi connectivity index (χ1v) is 7.31. The van der Waals surface area contributed by atoms with Crippen molar-refractivity contribution in [3.05, 3.63) is 53.6 Å². The molecule has 104 valence electrons. The van der Waals surface area contributed by atoms with Gasteiger partial charge in [-0.1, -0.05) is 44.2 Å². The van der Waals surface area contributed by atoms with Gasteiger partial charge in [0.1, 0.15) is 5.75 Å². The molecular formula is C18H21NO. The molecule has 0 radical (unpaired) electrons. The van der Waals surface area contributed by atoms with Gasteiger partial charge < -0.3 is 10.1 Å². The summed E-state index contributed by atoms with van der Waals surface area (Å²) in [5.41, 5.74) is 5.20. The Morgan fingerprint density at radius 1 is 1.05 bits per heavy atom. The number of fused-ring (bicyclic) bond motifs is 1. The van der Waals surface area contributed by atoms with E-state index in [-0.39, 0.29) is 0 Å². The third kappa shape index (κ3) is 2.86. The molecule has 0 aromatic heterocycles. The summed E-state index contributed by atoms with van der Waals surface area (Å²) in [5.74, 6) is 1.05. The minimum absolute atomic E-state index is 0.520. The molecule has 2 nitrogen and oxygen atoms in total. The maximum Gasteiger partial charge on any atom is 0.122 e. The molecule has 0 amide bonds. The zero-order valence-corrected chi connectivity index (χ0v) is 12.1. The Balaban J connectivity index is 1.77. The lowest BCUT2D eigenvalue weighted by Crippen LogP contribution is -2.21. The van der Waals surface area contributed by atoms with Crippen molar-refractivity contribution in [1.29, 1.82) is 0 Å². The number of benzene rings is 2. The van der Waals surface area contributed by atoms with Crippen LogP contribution in [0.4, 0.5) is 0 Å². The lowest BCUT2D eigenvalue weighted by atomic mass is 10.0. The van der Waals surface area contributed by atoms with Crippen LogP contribution in [0.1, 0.15) is 25.0 Å². The molecule has 0 saturated heterocycles. The van der Waals surface area contributed by atoms with Gasteiger partial charge in [-0.15, -0.1) is 0 Å². The van der Waals surface area contributed by atoms with E-state index in [1.54, 1.807) is 0 Å². The first-order chi connectivity index (χ1) is 9.72. The van der Waals surface area contributed by atoms with Crippen molar-refractivity contribution in [2.45, 2.75) is 32.9 Å². The first kappa shape index (κ1) is 13.2. The molecular weight excluding hydrogens is 246 g/mol. The van der Waals surface area contributed by atoms with Crippen LogP contribution in [0.2, 0.25) is 0 Å². The SMILES string of the molecule is CC(C)NCc1ccc(-c2ccc3c(c2)CCO3)cc1. The largest absolute Gasteiger partial charge is 0.493 e. The van der Waals surface area contributed by atoms with E-state index in [0.29, 0.717) is 6.04 Å². The molecule has 0 atom stereocenters. The quantitative estimate of drug-likeness (QED) is 0.910. The van der Waals surface area contributed by atoms with E-state index < -0.39 is 0 Å². The fraction of sp³-hybridized carbons (Fsp3) is 0.333. The van der Waals surface area contributed by atoms with Gasteiger partial charge in [-0.2, -0.15) is 0 Å². The predicted octanol–water partition coefficient (Wildman–Crippen LogP) is 3.79. The smallest absolute Gasteiger partial charge is 0.122 e. The van der Waals surface area contributed by atoms with Gasteiger partial charge in [0, 0.05) is 19.0 Å². The Morgan fingerprint density at radius 2 is 1.80 bits per heavy atom. The molecule has 0 unspecified atom stereocenters. The highest BCUT2D eigenvalue weighted by Gasteiger charge is 2.12. The van der Waals surface area contributed by atoms with Crippen LogP contribution in [0.3, 0.4) is 0 Å². The van der Waals surface area contributed by atoms with Crippen LogP contribution in [0.5, 0.6) is 5.75 Å². The molecule has 2 aromatic rings. The molecule has 2 aromatic carbocycles. The number of hydrogen-bond acceptors (Lipinski definition) is 2. The molecule has 20 heavy (non-hydrogen) atoms. The summed E-state index contributed by atoms with van der Waals surface area (Å²) < 4.78 is 5.55. The number of ether oxygens (including phenoxy) is 1. The molecule has 3 rings (SSSR count). The summed E-state index contributed by atoms with van der Waals surface area (Å²) in [6, 6.07) is 15.8. The molecule has 1 N–H and O–H groups in total. The monoisotopic (exact) mass is 267 g/mol. The van der Waals surface area contributed by atoms with Gasteiger partial charge in [-0.05, 0) is 34.4 Å². The highest BCUT2D eigenvalue weighted by atomic mass is 16.5. The molecule has 0 saturated carbocycles. The lowest BCUT2D eigenvalue weighted by Gasteiger charge is -2.09. The minimum atomic E-state index is 0.520. The maximum absolute atomic E-state index is 5.55. The lowest BCUT2D eigenvalue weighted by molar-refractivity contribution is 0.357. The Hall–Kier alpha value is -1.80. The van der Waals surface area contributed by atoms with Crippen molar-refractivity contribution < 1.29 is 4.74 Å². The predicted molar refractivity (Wildman–Crippen MR) is 83.1 cm³/mol. The van der Waals surface area contributed by atoms with Crippen LogP contribution >= 0.6 is 0 Å². The summed E-state index contributed by atoms with van der Waals surface area (Å²) in [6.45, 7) is 6.08. The number of hydrogen-bond donors (Lipinski definition) is 1. The highest BCUT2D eigenvalue weighted by molar-refractivity contribution is 5.66. The van der Waals surface area contributed by atoms with Crippen molar-refractivity contribution in [2.75, 3.05) is 6.61 Å². The van der Waals surface area contributed by atoms with Gasteiger partial charge in [-0.3, -0.25) is 0 Å². The Kier molecular flexibility index (Phi) is 3.75. The van der Waals surface area contributed by atoms with E-state index in [1.807, 2.05) is 0 Å². The van der Waals surface area contributed by atoms with E-state index >= 15 is 0 Å². The minimum Gasteiger partial charge on any atom is -0.493 e. The molecule has 0 aliphatic carbocycles. The first-order valence-electron chi connectivity index (χ1n) is 7.31. The van der Waals surface area contributed by atoms with Crippen LogP contribution in [0.15, 0.2) is 42.5 Å². The number of nitrogens with one attached hydrogen (secondary N) is 1. The van der Waals surface area contributed by atoms with Gasteiger partial charge in [-0.25, -0.2) is 0 Å². The second kappa shape index (κ2) is 5.68. The number of rotatable bonds is 4. The van der Waals surface area contributed by atoms with Gasteiger partial charge in [0.2, 0.25) is 0 Å². The average Bonchev–Trinajstić information content (AvgIpc) is 2.93. The van der Waals surface area contributed by atoms with Gasteiger partial charge in [0.05, 0.1) is 6.61 Å². The van der Waals surface area contributed by atoms with Gasteiger partial charge in [0.15, 0.2) is 0 Å². The van der Waals surface area contributed by atoms with E-state index in [1.165, 1.54) is 22.3 Å². The van der Waals surface area contributed by atoms with Crippen LogP contribution in [-0.4, -0.2) is 12.6 Å². The second-order valence-corrected chi connectivity index (χ2v) is 5.65. The highest BCUT2D eigenvalue weighted by Crippen LogP contribution is 2.30. The zero-order chi connectivity index (χ0) is 13.9. The summed E-state index contributed by atoms with van der Waals surface area (Å²) in [5, 5.41) is 3.44. The second-order valence-electron chi connectivity index (χ2n) is 5.65. The molecule has 1 heterocycles. The summed E-state index contributed by atoms with van der Waals surface area (Å²) in [6.07, 6.45) is 1.03. The Labute approximate surface area is 120 Å². The molecule has 1 aliphatic heterocycles. The van der Waals surface area contributed by atoms with Crippen LogP contribution < -0.4 is 10.1 Å². The average molecular weight is 267 g/mol. The van der Waals surface area contributed by atoms with Crippen molar-refractivity contribution in [3.63, 3.8) is 0 Å². The molecule has 2 heteroatoms. The fourth-order valence-corrected chi connectivity index (χ4v) is 2.50. The third-order valence-corrected chi connectivity index (χ3v) is 3.69. The standard InChI is InChI=1S/C18H21NO/c1-13(2)19-12-14-3-5-15(6-4-14)16-7-8-18-17(11-16)9-10-20-18/h3-8,11,13,19H,9-10,12H2,1-2H3. The van der Waals surface area contributed by atoms with Crippen LogP contribution in [0, 0.1) is 0 Å². The van der Waals surface area contributed by atoms with E-state index in [2.05, 4.69) is 61.6 Å². The van der Waals surface area contributed by atoms with Crippen molar-refractivity contribution >= 4 is 0 Å². The topological polar surface area (TPSA) is 21.3 Å². The third-order valence-electron chi connectivity index (χ3n) is 3.69. The summed E-state index contributed by atoms with van der Waals surface area (Å²) >= 11 is 0. The van der Waals surface area contributed by atoms with Gasteiger partial charge >= 0.3 is 0 Å². The molecule has 0 spiro atoms. The van der Waals surface area contributed by atoms with Crippen molar-refractivity contribution in [1.82, 2.24) is 5.32 Å². The Morgan fingerprint density at radius 3 is 2.55 bits per heavy atom. The van der Waals surface area contributed by atoms with E-state index in [0.717, 1.165) is 25.3 Å². The molecule has 0 bridgehead atoms. The summed E-state index contributed by atoms with van der Waals surface area (Å²) in [4.78, 5) is 0. The van der Waals surface area contributed by atoms with Crippen molar-refractivity contribution in [2.24, 2.45) is 0 Å². The van der Waals surface area contributed by atoms with Gasteiger partial charge in [0.25, 0.3) is 0 Å². The van der Waals surface area contributed by atoms with Crippen molar-refractivity contribution in [3.8, 4) is 16.9 Å². The van der Waals surface area contributed by atoms with Crippen LogP contribution in [-0.2, 0) is 13.0 Å².